The molecule has 0 saturated carbocycles. The molecule has 0 unspecified atom stereocenters. The number of benzene rings is 2. The topological polar surface area (TPSA) is 66.9 Å². The molecule has 0 radical (unpaired) electrons. The largest absolute Gasteiger partial charge is 0.339 e. The van der Waals surface area contributed by atoms with Crippen LogP contribution in [-0.2, 0) is 11.2 Å². The lowest BCUT2D eigenvalue weighted by Crippen LogP contribution is -2.15. The zero-order valence-corrected chi connectivity index (χ0v) is 14.3. The van der Waals surface area contributed by atoms with Gasteiger partial charge in [0.1, 0.15) is 0 Å². The Labute approximate surface area is 148 Å². The summed E-state index contributed by atoms with van der Waals surface area (Å²) in [5.41, 5.74) is 1.87. The predicted molar refractivity (Wildman–Crippen MR) is 98.2 cm³/mol. The molecular weight excluding hydrogens is 368 g/mol. The van der Waals surface area contributed by atoms with Gasteiger partial charge >= 0.3 is 0 Å². The highest BCUT2D eigenvalue weighted by atomic mass is 79.9. The molecular formula is C18H15BrN4O. The molecule has 1 heterocycles. The van der Waals surface area contributed by atoms with Gasteiger partial charge in [-0.2, -0.15) is 0 Å². The Morgan fingerprint density at radius 3 is 2.21 bits per heavy atom. The molecule has 2 N–H and O–H groups in total. The number of rotatable bonds is 5. The molecule has 1 aromatic heterocycles. The van der Waals surface area contributed by atoms with Crippen LogP contribution in [0, 0.1) is 0 Å². The minimum atomic E-state index is -0.129. The summed E-state index contributed by atoms with van der Waals surface area (Å²) in [6.07, 6.45) is 0.291. The first-order chi connectivity index (χ1) is 11.7. The molecule has 0 aliphatic heterocycles. The second-order valence-corrected chi connectivity index (χ2v) is 6.06. The highest BCUT2D eigenvalue weighted by Gasteiger charge is 2.06. The molecule has 2 aromatic carbocycles. The van der Waals surface area contributed by atoms with Crippen molar-refractivity contribution in [2.75, 3.05) is 10.6 Å². The number of para-hydroxylation sites is 1. The number of aromatic nitrogens is 2. The maximum atomic E-state index is 12.0. The summed E-state index contributed by atoms with van der Waals surface area (Å²) in [5.74, 6) is 0.915. The van der Waals surface area contributed by atoms with E-state index in [9.17, 15) is 4.79 Å². The van der Waals surface area contributed by atoms with E-state index in [0.29, 0.717) is 18.1 Å². The van der Waals surface area contributed by atoms with Gasteiger partial charge in [0.2, 0.25) is 5.91 Å². The second kappa shape index (κ2) is 7.70. The molecule has 0 atom stereocenters. The van der Waals surface area contributed by atoms with Crippen LogP contribution in [0.5, 0.6) is 0 Å². The minimum absolute atomic E-state index is 0.129. The Hall–Kier alpha value is -2.73. The normalized spacial score (nSPS) is 10.2. The zero-order chi connectivity index (χ0) is 16.8. The van der Waals surface area contributed by atoms with Crippen molar-refractivity contribution in [1.82, 2.24) is 10.2 Å². The van der Waals surface area contributed by atoms with Crippen molar-refractivity contribution in [3.8, 4) is 0 Å². The van der Waals surface area contributed by atoms with Crippen molar-refractivity contribution in [2.45, 2.75) is 6.42 Å². The van der Waals surface area contributed by atoms with Gasteiger partial charge < -0.3 is 10.6 Å². The molecule has 0 aliphatic rings. The first-order valence-electron chi connectivity index (χ1n) is 7.39. The molecule has 3 rings (SSSR count). The summed E-state index contributed by atoms with van der Waals surface area (Å²) in [6.45, 7) is 0. The van der Waals surface area contributed by atoms with Crippen LogP contribution in [0.2, 0.25) is 0 Å². The van der Waals surface area contributed by atoms with Gasteiger partial charge in [-0.05, 0) is 42.0 Å². The lowest BCUT2D eigenvalue weighted by Gasteiger charge is -2.07. The number of amides is 1. The lowest BCUT2D eigenvalue weighted by atomic mass is 10.1. The highest BCUT2D eigenvalue weighted by molar-refractivity contribution is 9.10. The van der Waals surface area contributed by atoms with Crippen molar-refractivity contribution in [1.29, 1.82) is 0 Å². The molecule has 0 saturated heterocycles. The third-order valence-electron chi connectivity index (χ3n) is 3.26. The molecule has 24 heavy (non-hydrogen) atoms. The van der Waals surface area contributed by atoms with Gasteiger partial charge in [0.05, 0.1) is 6.42 Å². The molecule has 0 aliphatic carbocycles. The molecule has 0 bridgehead atoms. The second-order valence-electron chi connectivity index (χ2n) is 5.15. The Kier molecular flexibility index (Phi) is 5.18. The number of nitrogens with zero attached hydrogens (tertiary/aromatic N) is 2. The molecule has 0 fully saturated rings. The first-order valence-corrected chi connectivity index (χ1v) is 8.18. The molecule has 0 spiro atoms. The van der Waals surface area contributed by atoms with Gasteiger partial charge in [0.25, 0.3) is 0 Å². The van der Waals surface area contributed by atoms with E-state index in [-0.39, 0.29) is 5.91 Å². The predicted octanol–water partition coefficient (Wildman–Crippen LogP) is 4.16. The molecule has 120 valence electrons. The van der Waals surface area contributed by atoms with Gasteiger partial charge in [-0.1, -0.05) is 46.3 Å². The maximum Gasteiger partial charge on any atom is 0.229 e. The summed E-state index contributed by atoms with van der Waals surface area (Å²) >= 11 is 3.37. The Bertz CT molecular complexity index is 805. The van der Waals surface area contributed by atoms with Crippen LogP contribution >= 0.6 is 15.9 Å². The average molecular weight is 383 g/mol. The third kappa shape index (κ3) is 4.63. The summed E-state index contributed by atoms with van der Waals surface area (Å²) in [7, 11) is 0. The fraction of sp³-hybridized carbons (Fsp3) is 0.0556. The monoisotopic (exact) mass is 382 g/mol. The number of carbonyl (C=O) groups excluding carboxylic acids is 1. The van der Waals surface area contributed by atoms with Gasteiger partial charge in [-0.15, -0.1) is 10.2 Å². The average Bonchev–Trinajstić information content (AvgIpc) is 2.60. The van der Waals surface area contributed by atoms with Crippen molar-refractivity contribution < 1.29 is 4.79 Å². The number of hydrogen-bond acceptors (Lipinski definition) is 4. The molecule has 5 nitrogen and oxygen atoms in total. The Morgan fingerprint density at radius 2 is 1.54 bits per heavy atom. The van der Waals surface area contributed by atoms with Gasteiger partial charge in [-0.3, -0.25) is 4.79 Å². The number of hydrogen-bond donors (Lipinski definition) is 2. The van der Waals surface area contributed by atoms with E-state index in [2.05, 4.69) is 36.8 Å². The standard InChI is InChI=1S/C18H15BrN4O/c19-14-8-6-13(7-9-14)12-18(24)21-17-11-10-16(22-23-17)20-15-4-2-1-3-5-15/h1-11H,12H2,(H,20,22)(H,21,23,24). The number of anilines is 3. The van der Waals surface area contributed by atoms with E-state index in [1.54, 1.807) is 12.1 Å². The Morgan fingerprint density at radius 1 is 0.875 bits per heavy atom. The highest BCUT2D eigenvalue weighted by Crippen LogP contribution is 2.14. The quantitative estimate of drug-likeness (QED) is 0.694. The summed E-state index contributed by atoms with van der Waals surface area (Å²) in [5, 5.41) is 14.0. The van der Waals surface area contributed by atoms with Crippen LogP contribution in [0.3, 0.4) is 0 Å². The summed E-state index contributed by atoms with van der Waals surface area (Å²) in [6, 6.07) is 20.8. The van der Waals surface area contributed by atoms with Gasteiger partial charge in [0, 0.05) is 10.2 Å². The lowest BCUT2D eigenvalue weighted by molar-refractivity contribution is -0.115. The minimum Gasteiger partial charge on any atom is -0.339 e. The van der Waals surface area contributed by atoms with Crippen LogP contribution in [0.15, 0.2) is 71.2 Å². The van der Waals surface area contributed by atoms with Crippen molar-refractivity contribution in [2.24, 2.45) is 0 Å². The van der Waals surface area contributed by atoms with Crippen molar-refractivity contribution in [3.05, 3.63) is 76.8 Å². The number of halogens is 1. The third-order valence-corrected chi connectivity index (χ3v) is 3.78. The number of carbonyl (C=O) groups is 1. The van der Waals surface area contributed by atoms with E-state index in [1.807, 2.05) is 54.6 Å². The van der Waals surface area contributed by atoms with E-state index in [4.69, 9.17) is 0 Å². The molecule has 6 heteroatoms. The summed E-state index contributed by atoms with van der Waals surface area (Å²) in [4.78, 5) is 12.0. The van der Waals surface area contributed by atoms with E-state index >= 15 is 0 Å². The summed E-state index contributed by atoms with van der Waals surface area (Å²) < 4.78 is 0.985. The van der Waals surface area contributed by atoms with E-state index in [0.717, 1.165) is 15.7 Å². The van der Waals surface area contributed by atoms with Crippen LogP contribution < -0.4 is 10.6 Å². The van der Waals surface area contributed by atoms with Crippen LogP contribution in [0.4, 0.5) is 17.3 Å². The molecule has 1 amide bonds. The Balaban J connectivity index is 1.57. The SMILES string of the molecule is O=C(Cc1ccc(Br)cc1)Nc1ccc(Nc2ccccc2)nn1. The van der Waals surface area contributed by atoms with E-state index in [1.165, 1.54) is 0 Å². The fourth-order valence-corrected chi connectivity index (χ4v) is 2.37. The van der Waals surface area contributed by atoms with Gasteiger partial charge in [0.15, 0.2) is 11.6 Å². The van der Waals surface area contributed by atoms with Crippen molar-refractivity contribution in [3.63, 3.8) is 0 Å². The zero-order valence-electron chi connectivity index (χ0n) is 12.7. The maximum absolute atomic E-state index is 12.0. The van der Waals surface area contributed by atoms with Crippen LogP contribution in [-0.4, -0.2) is 16.1 Å². The van der Waals surface area contributed by atoms with Crippen LogP contribution in [0.1, 0.15) is 5.56 Å². The van der Waals surface area contributed by atoms with E-state index < -0.39 is 0 Å². The molecule has 3 aromatic rings. The fourth-order valence-electron chi connectivity index (χ4n) is 2.11. The smallest absolute Gasteiger partial charge is 0.229 e. The first kappa shape index (κ1) is 16.1. The number of nitrogens with one attached hydrogen (secondary N) is 2. The van der Waals surface area contributed by atoms with Gasteiger partial charge in [-0.25, -0.2) is 0 Å². The van der Waals surface area contributed by atoms with Crippen LogP contribution in [0.25, 0.3) is 0 Å². The van der Waals surface area contributed by atoms with Crippen molar-refractivity contribution >= 4 is 39.2 Å².